The second-order valence-corrected chi connectivity index (χ2v) is 8.21. The third-order valence-electron chi connectivity index (χ3n) is 5.94. The lowest BCUT2D eigenvalue weighted by atomic mass is 9.76. The zero-order chi connectivity index (χ0) is 22.6. The molecule has 1 saturated carbocycles. The summed E-state index contributed by atoms with van der Waals surface area (Å²) in [5.74, 6) is -2.62. The van der Waals surface area contributed by atoms with Gasteiger partial charge in [0.15, 0.2) is 6.29 Å². The molecule has 2 aliphatic heterocycles. The summed E-state index contributed by atoms with van der Waals surface area (Å²) in [7, 11) is 1.04. The Kier molecular flexibility index (Phi) is 6.40. The first-order chi connectivity index (χ1) is 13.9. The maximum absolute atomic E-state index is 12.1. The molecule has 2 fully saturated rings. The Bertz CT molecular complexity index is 698. The number of hydrogen-bond acceptors (Lipinski definition) is 12. The van der Waals surface area contributed by atoms with Crippen molar-refractivity contribution in [1.29, 1.82) is 0 Å². The zero-order valence-corrected chi connectivity index (χ0v) is 16.8. The minimum atomic E-state index is -2.46. The van der Waals surface area contributed by atoms with Gasteiger partial charge in [-0.2, -0.15) is 0 Å². The van der Waals surface area contributed by atoms with Crippen molar-refractivity contribution >= 4 is 17.6 Å². The predicted molar refractivity (Wildman–Crippen MR) is 94.5 cm³/mol. The second-order valence-electron chi connectivity index (χ2n) is 7.74. The molecule has 7 N–H and O–H groups in total. The lowest BCUT2D eigenvalue weighted by Gasteiger charge is -2.46. The molecule has 0 amide bonds. The van der Waals surface area contributed by atoms with E-state index in [9.17, 15) is 40.5 Å². The first-order valence-electron chi connectivity index (χ1n) is 9.10. The molecule has 0 aromatic rings. The van der Waals surface area contributed by atoms with E-state index in [1.54, 1.807) is 0 Å². The Hall–Kier alpha value is -1.06. The summed E-state index contributed by atoms with van der Waals surface area (Å²) in [5, 5.41) is 70.5. The molecular formula is C17H25ClO12. The van der Waals surface area contributed by atoms with Crippen LogP contribution in [-0.4, -0.2) is 115 Å². The number of aliphatic hydroxyl groups excluding tert-OH is 5. The summed E-state index contributed by atoms with van der Waals surface area (Å²) in [5.41, 5.74) is -5.03. The molecule has 30 heavy (non-hydrogen) atoms. The highest BCUT2D eigenvalue weighted by Crippen LogP contribution is 2.54. The lowest BCUT2D eigenvalue weighted by molar-refractivity contribution is -0.352. The van der Waals surface area contributed by atoms with Gasteiger partial charge in [0.25, 0.3) is 0 Å². The van der Waals surface area contributed by atoms with E-state index in [4.69, 9.17) is 25.8 Å². The maximum atomic E-state index is 12.1. The van der Waals surface area contributed by atoms with Crippen molar-refractivity contribution in [3.05, 3.63) is 11.8 Å². The maximum Gasteiger partial charge on any atom is 0.339 e. The lowest BCUT2D eigenvalue weighted by Crippen LogP contribution is -2.63. The molecule has 3 rings (SSSR count). The van der Waals surface area contributed by atoms with Crippen LogP contribution in [0.15, 0.2) is 11.8 Å². The Morgan fingerprint density at radius 1 is 1.17 bits per heavy atom. The van der Waals surface area contributed by atoms with Crippen molar-refractivity contribution in [1.82, 2.24) is 0 Å². The van der Waals surface area contributed by atoms with Gasteiger partial charge in [0.1, 0.15) is 48.0 Å². The van der Waals surface area contributed by atoms with E-state index in [1.807, 2.05) is 0 Å². The number of ether oxygens (including phenoxy) is 4. The normalized spacial score (nSPS) is 51.0. The molecule has 2 heterocycles. The van der Waals surface area contributed by atoms with Gasteiger partial charge < -0.3 is 54.7 Å². The fourth-order valence-electron chi connectivity index (χ4n) is 4.21. The van der Waals surface area contributed by atoms with Crippen LogP contribution >= 0.6 is 11.6 Å². The van der Waals surface area contributed by atoms with Crippen LogP contribution in [0.1, 0.15) is 6.92 Å². The highest BCUT2D eigenvalue weighted by Gasteiger charge is 2.72. The van der Waals surface area contributed by atoms with Gasteiger partial charge in [-0.1, -0.05) is 0 Å². The first-order valence-corrected chi connectivity index (χ1v) is 9.53. The molecule has 11 atom stereocenters. The summed E-state index contributed by atoms with van der Waals surface area (Å²) >= 11 is 6.12. The number of alkyl halides is 1. The Balaban J connectivity index is 1.96. The van der Waals surface area contributed by atoms with Gasteiger partial charge in [-0.25, -0.2) is 4.79 Å². The topological polar surface area (TPSA) is 196 Å². The third-order valence-corrected chi connectivity index (χ3v) is 6.62. The number of rotatable bonds is 4. The minimum Gasteiger partial charge on any atom is -0.471 e. The van der Waals surface area contributed by atoms with Crippen LogP contribution in [0, 0.1) is 5.92 Å². The number of halogens is 1. The monoisotopic (exact) mass is 456 g/mol. The molecule has 0 radical (unpaired) electrons. The number of carbonyl (C=O) groups is 1. The van der Waals surface area contributed by atoms with E-state index in [1.165, 1.54) is 6.92 Å². The van der Waals surface area contributed by atoms with E-state index in [2.05, 4.69) is 4.74 Å². The highest BCUT2D eigenvalue weighted by atomic mass is 35.5. The van der Waals surface area contributed by atoms with Crippen LogP contribution in [0.3, 0.4) is 0 Å². The summed E-state index contributed by atoms with van der Waals surface area (Å²) < 4.78 is 20.7. The third kappa shape index (κ3) is 3.32. The highest BCUT2D eigenvalue weighted by molar-refractivity contribution is 6.22. The van der Waals surface area contributed by atoms with Crippen LogP contribution in [0.25, 0.3) is 0 Å². The second kappa shape index (κ2) is 8.13. The number of carbonyl (C=O) groups excluding carboxylic acids is 1. The standard InChI is InChI=1S/C17H25ClO12/c1-16(25)10-15(30-14-9(22)8(21)7(20)6(3-19)29-14)28-4-5(13(24)27-2)17(10,26)12(23)11(16)18/h4,6-12,14-15,19-23,25-26H,3H2,1-2H3. The number of hydrogen-bond donors (Lipinski definition) is 7. The van der Waals surface area contributed by atoms with Gasteiger partial charge in [0.2, 0.25) is 6.29 Å². The summed E-state index contributed by atoms with van der Waals surface area (Å²) in [6.07, 6.45) is -10.9. The van der Waals surface area contributed by atoms with E-state index in [-0.39, 0.29) is 0 Å². The fourth-order valence-corrected chi connectivity index (χ4v) is 4.53. The number of fused-ring (bicyclic) bond motifs is 1. The van der Waals surface area contributed by atoms with Crippen LogP contribution < -0.4 is 0 Å². The van der Waals surface area contributed by atoms with Gasteiger partial charge in [-0.15, -0.1) is 11.6 Å². The van der Waals surface area contributed by atoms with Crippen LogP contribution in [0.5, 0.6) is 0 Å². The molecule has 0 aromatic carbocycles. The van der Waals surface area contributed by atoms with Crippen molar-refractivity contribution < 1.29 is 59.5 Å². The molecule has 0 aromatic heterocycles. The van der Waals surface area contributed by atoms with Gasteiger partial charge in [0.05, 0.1) is 30.6 Å². The SMILES string of the molecule is COC(=O)C1=COC(OC2OC(CO)C(O)C(O)C2O)C2C(C)(O)C(Cl)C(O)C12O. The average molecular weight is 457 g/mol. The van der Waals surface area contributed by atoms with E-state index < -0.39 is 83.7 Å². The first kappa shape index (κ1) is 23.6. The molecular weight excluding hydrogens is 432 g/mol. The molecule has 12 nitrogen and oxygen atoms in total. The molecule has 0 spiro atoms. The zero-order valence-electron chi connectivity index (χ0n) is 16.0. The average Bonchev–Trinajstić information content (AvgIpc) is 2.85. The quantitative estimate of drug-likeness (QED) is 0.162. The van der Waals surface area contributed by atoms with Gasteiger partial charge in [-0.05, 0) is 6.92 Å². The number of aliphatic hydroxyl groups is 7. The van der Waals surface area contributed by atoms with Crippen molar-refractivity contribution in [3.63, 3.8) is 0 Å². The Labute approximate surface area is 175 Å². The van der Waals surface area contributed by atoms with Gasteiger partial charge >= 0.3 is 5.97 Å². The number of methoxy groups -OCH3 is 1. The molecule has 1 saturated heterocycles. The largest absolute Gasteiger partial charge is 0.471 e. The van der Waals surface area contributed by atoms with Crippen LogP contribution in [0.4, 0.5) is 0 Å². The summed E-state index contributed by atoms with van der Waals surface area (Å²) in [6.45, 7) is 0.472. The Morgan fingerprint density at radius 2 is 1.80 bits per heavy atom. The van der Waals surface area contributed by atoms with E-state index in [0.29, 0.717) is 0 Å². The predicted octanol–water partition coefficient (Wildman–Crippen LogP) is -3.70. The number of esters is 1. The molecule has 11 unspecified atom stereocenters. The van der Waals surface area contributed by atoms with Crippen molar-refractivity contribution in [2.24, 2.45) is 5.92 Å². The van der Waals surface area contributed by atoms with Crippen LogP contribution in [-0.2, 0) is 23.7 Å². The fraction of sp³-hybridized carbons (Fsp3) is 0.824. The van der Waals surface area contributed by atoms with Crippen molar-refractivity contribution in [2.45, 2.75) is 66.6 Å². The van der Waals surface area contributed by atoms with Gasteiger partial charge in [-0.3, -0.25) is 0 Å². The molecule has 1 aliphatic carbocycles. The van der Waals surface area contributed by atoms with Gasteiger partial charge in [0, 0.05) is 0 Å². The van der Waals surface area contributed by atoms with E-state index >= 15 is 0 Å². The molecule has 3 aliphatic rings. The Morgan fingerprint density at radius 3 is 2.37 bits per heavy atom. The molecule has 13 heteroatoms. The van der Waals surface area contributed by atoms with E-state index in [0.717, 1.165) is 13.4 Å². The van der Waals surface area contributed by atoms with Crippen molar-refractivity contribution in [2.75, 3.05) is 13.7 Å². The summed E-state index contributed by atoms with van der Waals surface area (Å²) in [4.78, 5) is 12.1. The molecule has 0 bridgehead atoms. The molecule has 172 valence electrons. The smallest absolute Gasteiger partial charge is 0.339 e. The minimum absolute atomic E-state index is 0.514. The summed E-state index contributed by atoms with van der Waals surface area (Å²) in [6, 6.07) is 0. The van der Waals surface area contributed by atoms with Crippen LogP contribution in [0.2, 0.25) is 0 Å². The van der Waals surface area contributed by atoms with Crippen molar-refractivity contribution in [3.8, 4) is 0 Å².